The van der Waals surface area contributed by atoms with Gasteiger partial charge in [0.1, 0.15) is 0 Å². The Bertz CT molecular complexity index is 310. The highest BCUT2D eigenvalue weighted by Crippen LogP contribution is 2.18. The van der Waals surface area contributed by atoms with Crippen molar-refractivity contribution in [2.45, 2.75) is 32.3 Å². The number of aromatic nitrogens is 1. The Morgan fingerprint density at radius 3 is 2.93 bits per heavy atom. The largest absolute Gasteiger partial charge is 0.393 e. The zero-order valence-electron chi connectivity index (χ0n) is 9.19. The number of nitrogens with zero attached hydrogens (tertiary/aromatic N) is 2. The first kappa shape index (κ1) is 10.4. The van der Waals surface area contributed by atoms with Gasteiger partial charge in [-0.2, -0.15) is 0 Å². The lowest BCUT2D eigenvalue weighted by Gasteiger charge is -2.22. The van der Waals surface area contributed by atoms with Crippen LogP contribution in [0.3, 0.4) is 0 Å². The van der Waals surface area contributed by atoms with Crippen LogP contribution in [0.15, 0.2) is 18.3 Å². The first-order chi connectivity index (χ1) is 7.25. The number of aliphatic hydroxyl groups is 1. The molecule has 1 saturated heterocycles. The summed E-state index contributed by atoms with van der Waals surface area (Å²) in [4.78, 5) is 6.61. The molecule has 0 aliphatic carbocycles. The third-order valence-corrected chi connectivity index (χ3v) is 2.96. The van der Waals surface area contributed by atoms with Crippen molar-refractivity contribution in [1.82, 2.24) is 4.98 Å². The molecule has 1 fully saturated rings. The monoisotopic (exact) mass is 206 g/mol. The van der Waals surface area contributed by atoms with Gasteiger partial charge in [0.2, 0.25) is 0 Å². The van der Waals surface area contributed by atoms with Crippen molar-refractivity contribution >= 4 is 5.69 Å². The molecular formula is C12H18N2O. The van der Waals surface area contributed by atoms with E-state index >= 15 is 0 Å². The van der Waals surface area contributed by atoms with E-state index in [4.69, 9.17) is 0 Å². The zero-order valence-corrected chi connectivity index (χ0v) is 9.19. The highest BCUT2D eigenvalue weighted by atomic mass is 16.3. The van der Waals surface area contributed by atoms with Crippen LogP contribution in [0.4, 0.5) is 5.69 Å². The van der Waals surface area contributed by atoms with Crippen molar-refractivity contribution in [2.24, 2.45) is 0 Å². The molecule has 1 aromatic heterocycles. The molecule has 0 amide bonds. The zero-order chi connectivity index (χ0) is 10.7. The Hall–Kier alpha value is -1.09. The topological polar surface area (TPSA) is 36.4 Å². The van der Waals surface area contributed by atoms with Crippen molar-refractivity contribution < 1.29 is 5.11 Å². The molecule has 1 aliphatic rings. The van der Waals surface area contributed by atoms with Crippen molar-refractivity contribution in [3.63, 3.8) is 0 Å². The molecule has 2 heterocycles. The molecule has 0 aromatic carbocycles. The van der Waals surface area contributed by atoms with E-state index < -0.39 is 0 Å². The van der Waals surface area contributed by atoms with Gasteiger partial charge in [0, 0.05) is 18.8 Å². The number of anilines is 1. The summed E-state index contributed by atoms with van der Waals surface area (Å²) in [7, 11) is 0. The van der Waals surface area contributed by atoms with Crippen LogP contribution in [0.25, 0.3) is 0 Å². The second-order valence-electron chi connectivity index (χ2n) is 4.23. The van der Waals surface area contributed by atoms with Gasteiger partial charge in [-0.25, -0.2) is 0 Å². The average molecular weight is 206 g/mol. The highest BCUT2D eigenvalue weighted by molar-refractivity contribution is 5.44. The number of hydrogen-bond acceptors (Lipinski definition) is 3. The summed E-state index contributed by atoms with van der Waals surface area (Å²) in [6.07, 6.45) is 4.67. The molecule has 15 heavy (non-hydrogen) atoms. The van der Waals surface area contributed by atoms with Gasteiger partial charge in [0.05, 0.1) is 18.0 Å². The lowest BCUT2D eigenvalue weighted by molar-refractivity contribution is 0.161. The maximum atomic E-state index is 9.56. The summed E-state index contributed by atoms with van der Waals surface area (Å²) in [5, 5.41) is 9.56. The van der Waals surface area contributed by atoms with Crippen LogP contribution in [0, 0.1) is 6.92 Å². The highest BCUT2D eigenvalue weighted by Gasteiger charge is 2.14. The van der Waals surface area contributed by atoms with Gasteiger partial charge in [-0.1, -0.05) is 0 Å². The van der Waals surface area contributed by atoms with E-state index in [0.717, 1.165) is 38.0 Å². The number of aliphatic hydroxyl groups excluding tert-OH is 1. The first-order valence-corrected chi connectivity index (χ1v) is 5.61. The van der Waals surface area contributed by atoms with Crippen LogP contribution in [0.1, 0.15) is 25.0 Å². The molecule has 0 spiro atoms. The van der Waals surface area contributed by atoms with E-state index in [9.17, 15) is 5.11 Å². The van der Waals surface area contributed by atoms with Gasteiger partial charge in [-0.3, -0.25) is 4.98 Å². The van der Waals surface area contributed by atoms with Gasteiger partial charge in [0.25, 0.3) is 0 Å². The minimum Gasteiger partial charge on any atom is -0.393 e. The normalized spacial score (nSPS) is 22.5. The average Bonchev–Trinajstić information content (AvgIpc) is 2.44. The second kappa shape index (κ2) is 4.62. The molecule has 2 rings (SSSR count). The maximum Gasteiger partial charge on any atom is 0.0557 e. The Morgan fingerprint density at radius 2 is 2.20 bits per heavy atom. The smallest absolute Gasteiger partial charge is 0.0557 e. The predicted octanol–water partition coefficient (Wildman–Crippen LogP) is 1.74. The molecule has 0 bridgehead atoms. The van der Waals surface area contributed by atoms with E-state index in [1.165, 1.54) is 5.69 Å². The fourth-order valence-electron chi connectivity index (χ4n) is 1.98. The Balaban J connectivity index is 2.06. The van der Waals surface area contributed by atoms with Crippen LogP contribution in [0.2, 0.25) is 0 Å². The second-order valence-corrected chi connectivity index (χ2v) is 4.23. The van der Waals surface area contributed by atoms with Crippen LogP contribution in [-0.2, 0) is 0 Å². The fraction of sp³-hybridized carbons (Fsp3) is 0.583. The van der Waals surface area contributed by atoms with Gasteiger partial charge in [-0.05, 0) is 38.3 Å². The molecule has 1 N–H and O–H groups in total. The molecule has 1 atom stereocenters. The van der Waals surface area contributed by atoms with Gasteiger partial charge >= 0.3 is 0 Å². The first-order valence-electron chi connectivity index (χ1n) is 5.61. The van der Waals surface area contributed by atoms with Gasteiger partial charge < -0.3 is 10.0 Å². The predicted molar refractivity (Wildman–Crippen MR) is 61.0 cm³/mol. The number of pyridine rings is 1. The van der Waals surface area contributed by atoms with E-state index in [0.29, 0.717) is 0 Å². The van der Waals surface area contributed by atoms with E-state index in [-0.39, 0.29) is 6.10 Å². The third-order valence-electron chi connectivity index (χ3n) is 2.96. The minimum atomic E-state index is -0.117. The molecule has 1 aromatic rings. The summed E-state index contributed by atoms with van der Waals surface area (Å²) in [6.45, 7) is 3.96. The van der Waals surface area contributed by atoms with Crippen molar-refractivity contribution in [3.8, 4) is 0 Å². The Kier molecular flexibility index (Phi) is 3.21. The van der Waals surface area contributed by atoms with Crippen molar-refractivity contribution in [1.29, 1.82) is 0 Å². The molecule has 3 heteroatoms. The van der Waals surface area contributed by atoms with E-state index in [1.54, 1.807) is 0 Å². The molecule has 3 nitrogen and oxygen atoms in total. The number of rotatable bonds is 1. The summed E-state index contributed by atoms with van der Waals surface area (Å²) >= 11 is 0. The lowest BCUT2D eigenvalue weighted by atomic mass is 10.2. The van der Waals surface area contributed by atoms with Crippen LogP contribution in [0.5, 0.6) is 0 Å². The molecule has 1 unspecified atom stereocenters. The van der Waals surface area contributed by atoms with Crippen molar-refractivity contribution in [3.05, 3.63) is 24.0 Å². The molecule has 0 saturated carbocycles. The molecule has 1 aliphatic heterocycles. The Labute approximate surface area is 90.8 Å². The van der Waals surface area contributed by atoms with Crippen LogP contribution >= 0.6 is 0 Å². The van der Waals surface area contributed by atoms with Gasteiger partial charge in [-0.15, -0.1) is 0 Å². The molecule has 82 valence electrons. The summed E-state index contributed by atoms with van der Waals surface area (Å²) in [6, 6.07) is 4.15. The van der Waals surface area contributed by atoms with Crippen LogP contribution < -0.4 is 4.90 Å². The standard InChI is InChI=1S/C12H18N2O/c1-10-4-5-11(9-13-10)14-7-2-3-12(15)6-8-14/h4-5,9,12,15H,2-3,6-8H2,1H3. The quantitative estimate of drug-likeness (QED) is 0.760. The van der Waals surface area contributed by atoms with Crippen molar-refractivity contribution in [2.75, 3.05) is 18.0 Å². The summed E-state index contributed by atoms with van der Waals surface area (Å²) in [5.74, 6) is 0. The maximum absolute atomic E-state index is 9.56. The van der Waals surface area contributed by atoms with Gasteiger partial charge in [0.15, 0.2) is 0 Å². The Morgan fingerprint density at radius 1 is 1.33 bits per heavy atom. The lowest BCUT2D eigenvalue weighted by Crippen LogP contribution is -2.24. The molecular weight excluding hydrogens is 188 g/mol. The molecule has 0 radical (unpaired) electrons. The summed E-state index contributed by atoms with van der Waals surface area (Å²) < 4.78 is 0. The number of aryl methyl sites for hydroxylation is 1. The van der Waals surface area contributed by atoms with Crippen LogP contribution in [-0.4, -0.2) is 29.3 Å². The SMILES string of the molecule is Cc1ccc(N2CCCC(O)CC2)cn1. The minimum absolute atomic E-state index is 0.117. The van der Waals surface area contributed by atoms with E-state index in [2.05, 4.69) is 16.0 Å². The fourth-order valence-corrected chi connectivity index (χ4v) is 1.98. The summed E-state index contributed by atoms with van der Waals surface area (Å²) in [5.41, 5.74) is 2.23. The van der Waals surface area contributed by atoms with E-state index in [1.807, 2.05) is 19.2 Å². The number of hydrogen-bond donors (Lipinski definition) is 1. The third kappa shape index (κ3) is 2.69.